The van der Waals surface area contributed by atoms with Crippen molar-refractivity contribution in [1.29, 1.82) is 0 Å². The summed E-state index contributed by atoms with van der Waals surface area (Å²) in [5.74, 6) is 6.10. The molecular formula is C10H13BrN6O. The first-order chi connectivity index (χ1) is 8.67. The van der Waals surface area contributed by atoms with Crippen LogP contribution in [0.5, 0.6) is 5.88 Å². The van der Waals surface area contributed by atoms with E-state index < -0.39 is 0 Å². The maximum Gasteiger partial charge on any atom is 0.216 e. The van der Waals surface area contributed by atoms with E-state index in [1.807, 2.05) is 7.05 Å². The zero-order valence-corrected chi connectivity index (χ0v) is 11.5. The average molecular weight is 313 g/mol. The number of methoxy groups -OCH3 is 1. The zero-order valence-electron chi connectivity index (χ0n) is 9.96. The van der Waals surface area contributed by atoms with Gasteiger partial charge in [0.15, 0.2) is 0 Å². The van der Waals surface area contributed by atoms with Crippen LogP contribution in [-0.2, 0) is 7.05 Å². The van der Waals surface area contributed by atoms with E-state index in [0.717, 1.165) is 10.2 Å². The fourth-order valence-electron chi connectivity index (χ4n) is 1.67. The summed E-state index contributed by atoms with van der Waals surface area (Å²) in [6.07, 6.45) is 3.14. The molecular weight excluding hydrogens is 300 g/mol. The largest absolute Gasteiger partial charge is 0.481 e. The second kappa shape index (κ2) is 5.42. The molecule has 1 unspecified atom stereocenters. The summed E-state index contributed by atoms with van der Waals surface area (Å²) in [6.45, 7) is 0. The lowest BCUT2D eigenvalue weighted by molar-refractivity contribution is 0.394. The van der Waals surface area contributed by atoms with Gasteiger partial charge in [-0.2, -0.15) is 5.10 Å². The lowest BCUT2D eigenvalue weighted by Crippen LogP contribution is -2.31. The fourth-order valence-corrected chi connectivity index (χ4v) is 2.25. The van der Waals surface area contributed by atoms with E-state index in [-0.39, 0.29) is 6.04 Å². The number of rotatable bonds is 4. The molecule has 2 aromatic heterocycles. The Morgan fingerprint density at radius 2 is 2.28 bits per heavy atom. The molecule has 1 atom stereocenters. The number of halogens is 1. The monoisotopic (exact) mass is 312 g/mol. The fraction of sp³-hybridized carbons (Fsp3) is 0.300. The molecule has 0 saturated carbocycles. The molecule has 0 amide bonds. The molecule has 0 aliphatic carbocycles. The highest BCUT2D eigenvalue weighted by Crippen LogP contribution is 2.27. The molecule has 2 heterocycles. The quantitative estimate of drug-likeness (QED) is 0.632. The molecule has 7 nitrogen and oxygen atoms in total. The number of hydrogen-bond donors (Lipinski definition) is 2. The normalized spacial score (nSPS) is 12.4. The zero-order chi connectivity index (χ0) is 13.1. The summed E-state index contributed by atoms with van der Waals surface area (Å²) in [5, 5.41) is 4.15. The first-order valence-corrected chi connectivity index (χ1v) is 5.96. The molecule has 0 aromatic carbocycles. The Balaban J connectivity index is 2.45. The Bertz CT molecular complexity index is 523. The molecule has 2 aromatic rings. The Morgan fingerprint density at radius 3 is 2.83 bits per heavy atom. The second-order valence-electron chi connectivity index (χ2n) is 3.59. The minimum Gasteiger partial charge on any atom is -0.481 e. The van der Waals surface area contributed by atoms with Crippen molar-refractivity contribution in [3.8, 4) is 5.88 Å². The van der Waals surface area contributed by atoms with E-state index in [0.29, 0.717) is 11.6 Å². The minimum atomic E-state index is -0.302. The lowest BCUT2D eigenvalue weighted by atomic mass is 10.1. The molecule has 0 aliphatic heterocycles. The number of nitrogens with one attached hydrogen (secondary N) is 1. The first-order valence-electron chi connectivity index (χ1n) is 5.16. The van der Waals surface area contributed by atoms with E-state index in [9.17, 15) is 0 Å². The summed E-state index contributed by atoms with van der Waals surface area (Å²) in [6, 6.07) is 1.42. The van der Waals surface area contributed by atoms with Crippen LogP contribution in [0.4, 0.5) is 0 Å². The van der Waals surface area contributed by atoms with Crippen molar-refractivity contribution < 1.29 is 4.74 Å². The molecule has 0 radical (unpaired) electrons. The molecule has 0 saturated heterocycles. The predicted molar refractivity (Wildman–Crippen MR) is 68.7 cm³/mol. The van der Waals surface area contributed by atoms with Crippen LogP contribution >= 0.6 is 15.9 Å². The van der Waals surface area contributed by atoms with E-state index in [1.165, 1.54) is 6.33 Å². The third kappa shape index (κ3) is 2.35. The molecule has 96 valence electrons. The number of nitrogens with zero attached hydrogens (tertiary/aromatic N) is 4. The van der Waals surface area contributed by atoms with Crippen LogP contribution < -0.4 is 16.0 Å². The maximum absolute atomic E-state index is 5.61. The van der Waals surface area contributed by atoms with Gasteiger partial charge < -0.3 is 4.74 Å². The van der Waals surface area contributed by atoms with Crippen LogP contribution in [0.1, 0.15) is 17.4 Å². The van der Waals surface area contributed by atoms with Crippen molar-refractivity contribution >= 4 is 15.9 Å². The van der Waals surface area contributed by atoms with E-state index in [4.69, 9.17) is 10.6 Å². The van der Waals surface area contributed by atoms with Gasteiger partial charge in [-0.3, -0.25) is 10.5 Å². The molecule has 3 N–H and O–H groups in total. The number of aromatic nitrogens is 4. The molecule has 0 aliphatic rings. The summed E-state index contributed by atoms with van der Waals surface area (Å²) >= 11 is 3.44. The molecule has 8 heteroatoms. The van der Waals surface area contributed by atoms with Crippen molar-refractivity contribution in [2.45, 2.75) is 6.04 Å². The van der Waals surface area contributed by atoms with Crippen LogP contribution in [0, 0.1) is 0 Å². The average Bonchev–Trinajstić information content (AvgIpc) is 2.72. The van der Waals surface area contributed by atoms with Gasteiger partial charge in [-0.05, 0) is 15.9 Å². The van der Waals surface area contributed by atoms with Crippen molar-refractivity contribution in [1.82, 2.24) is 25.2 Å². The third-order valence-electron chi connectivity index (χ3n) is 2.55. The predicted octanol–water partition coefficient (Wildman–Crippen LogP) is 0.534. The number of hydrogen-bond acceptors (Lipinski definition) is 6. The van der Waals surface area contributed by atoms with Crippen LogP contribution in [-0.4, -0.2) is 26.9 Å². The Labute approximate surface area is 112 Å². The van der Waals surface area contributed by atoms with Gasteiger partial charge in [-0.15, -0.1) is 0 Å². The third-order valence-corrected chi connectivity index (χ3v) is 3.16. The van der Waals surface area contributed by atoms with Gasteiger partial charge in [0.25, 0.3) is 0 Å². The summed E-state index contributed by atoms with van der Waals surface area (Å²) in [4.78, 5) is 8.17. The van der Waals surface area contributed by atoms with Crippen molar-refractivity contribution in [2.75, 3.05) is 7.11 Å². The highest BCUT2D eigenvalue weighted by Gasteiger charge is 2.21. The Hall–Kier alpha value is -1.51. The standard InChI is InChI=1S/C10H13BrN6O/c1-17-10(6(11)4-15-17)9(16-12)7-3-8(18-2)14-5-13-7/h3-5,9,16H,12H2,1-2H3. The number of ether oxygens (including phenoxy) is 1. The van der Waals surface area contributed by atoms with Crippen molar-refractivity contribution in [3.63, 3.8) is 0 Å². The summed E-state index contributed by atoms with van der Waals surface area (Å²) < 4.78 is 7.65. The van der Waals surface area contributed by atoms with Crippen LogP contribution in [0.2, 0.25) is 0 Å². The first kappa shape index (κ1) is 12.9. The van der Waals surface area contributed by atoms with Crippen molar-refractivity contribution in [2.24, 2.45) is 12.9 Å². The molecule has 0 bridgehead atoms. The SMILES string of the molecule is COc1cc(C(NN)c2c(Br)cnn2C)ncn1. The van der Waals surface area contributed by atoms with E-state index in [1.54, 1.807) is 24.1 Å². The van der Waals surface area contributed by atoms with Crippen LogP contribution in [0.25, 0.3) is 0 Å². The molecule has 2 rings (SSSR count). The highest BCUT2D eigenvalue weighted by atomic mass is 79.9. The highest BCUT2D eigenvalue weighted by molar-refractivity contribution is 9.10. The van der Waals surface area contributed by atoms with Gasteiger partial charge in [0.2, 0.25) is 5.88 Å². The smallest absolute Gasteiger partial charge is 0.216 e. The van der Waals surface area contributed by atoms with Gasteiger partial charge in [-0.1, -0.05) is 0 Å². The Kier molecular flexibility index (Phi) is 3.90. The summed E-state index contributed by atoms with van der Waals surface area (Å²) in [7, 11) is 3.39. The second-order valence-corrected chi connectivity index (χ2v) is 4.44. The molecule has 18 heavy (non-hydrogen) atoms. The van der Waals surface area contributed by atoms with Gasteiger partial charge in [-0.25, -0.2) is 15.4 Å². The van der Waals surface area contributed by atoms with Crippen LogP contribution in [0.3, 0.4) is 0 Å². The maximum atomic E-state index is 5.61. The number of hydrazine groups is 1. The number of nitrogens with two attached hydrogens (primary N) is 1. The van der Waals surface area contributed by atoms with Crippen molar-refractivity contribution in [3.05, 3.63) is 34.5 Å². The molecule has 0 fully saturated rings. The van der Waals surface area contributed by atoms with Gasteiger partial charge >= 0.3 is 0 Å². The van der Waals surface area contributed by atoms with E-state index in [2.05, 4.69) is 36.4 Å². The molecule has 0 spiro atoms. The van der Waals surface area contributed by atoms with Crippen LogP contribution in [0.15, 0.2) is 23.1 Å². The van der Waals surface area contributed by atoms with Gasteiger partial charge in [0.05, 0.1) is 29.2 Å². The number of aryl methyl sites for hydroxylation is 1. The van der Waals surface area contributed by atoms with E-state index >= 15 is 0 Å². The minimum absolute atomic E-state index is 0.302. The van der Waals surface area contributed by atoms with Gasteiger partial charge in [0, 0.05) is 13.1 Å². The van der Waals surface area contributed by atoms with Gasteiger partial charge in [0.1, 0.15) is 12.4 Å². The topological polar surface area (TPSA) is 90.9 Å². The summed E-state index contributed by atoms with van der Waals surface area (Å²) in [5.41, 5.74) is 4.29. The lowest BCUT2D eigenvalue weighted by Gasteiger charge is -2.16. The Morgan fingerprint density at radius 1 is 1.50 bits per heavy atom.